The van der Waals surface area contributed by atoms with Crippen LogP contribution in [0.5, 0.6) is 0 Å². The molecule has 1 aromatic heterocycles. The summed E-state index contributed by atoms with van der Waals surface area (Å²) in [6.45, 7) is 1.19. The van der Waals surface area contributed by atoms with Crippen LogP contribution in [0.4, 0.5) is 10.2 Å². The zero-order valence-corrected chi connectivity index (χ0v) is 13.8. The van der Waals surface area contributed by atoms with E-state index in [0.29, 0.717) is 29.9 Å². The maximum absolute atomic E-state index is 13.5. The number of rotatable bonds is 5. The third kappa shape index (κ3) is 3.59. The van der Waals surface area contributed by atoms with E-state index in [-0.39, 0.29) is 11.7 Å². The number of fused-ring (bicyclic) bond motifs is 1. The summed E-state index contributed by atoms with van der Waals surface area (Å²) in [5.74, 6) is -0.173. The minimum Gasteiger partial charge on any atom is -0.383 e. The molecule has 1 amide bonds. The third-order valence-corrected chi connectivity index (χ3v) is 3.98. The lowest BCUT2D eigenvalue weighted by molar-refractivity contribution is 0.0955. The first-order chi connectivity index (χ1) is 12.1. The first-order valence-electron chi connectivity index (χ1n) is 7.97. The van der Waals surface area contributed by atoms with Crippen LogP contribution in [0.15, 0.2) is 48.7 Å². The maximum Gasteiger partial charge on any atom is 0.253 e. The number of nitrogens with zero attached hydrogens (tertiary/aromatic N) is 1. The van der Waals surface area contributed by atoms with E-state index in [1.807, 2.05) is 31.3 Å². The third-order valence-electron chi connectivity index (χ3n) is 3.98. The van der Waals surface area contributed by atoms with Crippen molar-refractivity contribution in [3.8, 4) is 11.1 Å². The number of halogens is 1. The Bertz CT molecular complexity index is 926. The molecule has 0 aliphatic heterocycles. The van der Waals surface area contributed by atoms with Crippen molar-refractivity contribution < 1.29 is 9.18 Å². The summed E-state index contributed by atoms with van der Waals surface area (Å²) in [7, 11) is 1.82. The molecule has 0 saturated heterocycles. The van der Waals surface area contributed by atoms with Crippen molar-refractivity contribution in [1.29, 1.82) is 0 Å². The number of pyridine rings is 1. The number of nitrogens with two attached hydrogens (primary N) is 1. The van der Waals surface area contributed by atoms with Gasteiger partial charge in [0.1, 0.15) is 11.6 Å². The van der Waals surface area contributed by atoms with Crippen LogP contribution in [-0.2, 0) is 0 Å². The summed E-state index contributed by atoms with van der Waals surface area (Å²) in [4.78, 5) is 16.5. The molecule has 0 unspecified atom stereocenters. The number of nitrogens with one attached hydrogen (secondary N) is 2. The minimum atomic E-state index is -0.304. The Morgan fingerprint density at radius 3 is 2.68 bits per heavy atom. The predicted octanol–water partition coefficient (Wildman–Crippen LogP) is 2.57. The molecule has 4 N–H and O–H groups in total. The first kappa shape index (κ1) is 16.9. The fraction of sp³-hybridized carbons (Fsp3) is 0.158. The van der Waals surface area contributed by atoms with E-state index in [9.17, 15) is 9.18 Å². The van der Waals surface area contributed by atoms with E-state index in [4.69, 9.17) is 5.73 Å². The van der Waals surface area contributed by atoms with E-state index >= 15 is 0 Å². The van der Waals surface area contributed by atoms with Gasteiger partial charge in [-0.15, -0.1) is 0 Å². The molecule has 1 heterocycles. The number of anilines is 1. The Balaban J connectivity index is 2.03. The molecule has 2 aromatic carbocycles. The van der Waals surface area contributed by atoms with Gasteiger partial charge in [0.2, 0.25) is 0 Å². The van der Waals surface area contributed by atoms with E-state index in [1.54, 1.807) is 6.07 Å². The van der Waals surface area contributed by atoms with Gasteiger partial charge in [0.15, 0.2) is 0 Å². The molecule has 0 atom stereocenters. The molecule has 0 bridgehead atoms. The van der Waals surface area contributed by atoms with Crippen molar-refractivity contribution in [3.05, 3.63) is 60.0 Å². The van der Waals surface area contributed by atoms with Gasteiger partial charge in [-0.1, -0.05) is 24.3 Å². The number of carbonyl (C=O) groups is 1. The topological polar surface area (TPSA) is 80.0 Å². The van der Waals surface area contributed by atoms with Gasteiger partial charge in [0.05, 0.1) is 5.56 Å². The summed E-state index contributed by atoms with van der Waals surface area (Å²) in [6.07, 6.45) is 1.48. The standard InChI is InChI=1S/C19H19FN4O/c1-22-7-8-23-19(25)17-11-24-18(21)16-10-13(5-6-15(16)17)12-3-2-4-14(20)9-12/h2-6,9-11,22H,7-8H2,1H3,(H2,21,24)(H,23,25). The van der Waals surface area contributed by atoms with Gasteiger partial charge in [-0.3, -0.25) is 4.79 Å². The predicted molar refractivity (Wildman–Crippen MR) is 97.8 cm³/mol. The molecule has 5 nitrogen and oxygen atoms in total. The number of benzene rings is 2. The van der Waals surface area contributed by atoms with Crippen LogP contribution in [0, 0.1) is 5.82 Å². The van der Waals surface area contributed by atoms with Gasteiger partial charge in [0.25, 0.3) is 5.91 Å². The normalized spacial score (nSPS) is 10.8. The lowest BCUT2D eigenvalue weighted by atomic mass is 9.99. The van der Waals surface area contributed by atoms with Gasteiger partial charge in [-0.25, -0.2) is 9.37 Å². The fourth-order valence-corrected chi connectivity index (χ4v) is 2.69. The molecule has 3 aromatic rings. The average molecular weight is 338 g/mol. The highest BCUT2D eigenvalue weighted by atomic mass is 19.1. The summed E-state index contributed by atoms with van der Waals surface area (Å²) in [6, 6.07) is 11.8. The quantitative estimate of drug-likeness (QED) is 0.625. The van der Waals surface area contributed by atoms with Crippen molar-refractivity contribution in [3.63, 3.8) is 0 Å². The number of aromatic nitrogens is 1. The first-order valence-corrected chi connectivity index (χ1v) is 7.97. The van der Waals surface area contributed by atoms with E-state index in [1.165, 1.54) is 18.3 Å². The molecular weight excluding hydrogens is 319 g/mol. The van der Waals surface area contributed by atoms with Crippen molar-refractivity contribution in [2.45, 2.75) is 0 Å². The second kappa shape index (κ2) is 7.27. The summed E-state index contributed by atoms with van der Waals surface area (Å²) < 4.78 is 13.5. The van der Waals surface area contributed by atoms with Crippen LogP contribution in [0.25, 0.3) is 21.9 Å². The molecule has 0 fully saturated rings. The van der Waals surface area contributed by atoms with Crippen LogP contribution in [0.2, 0.25) is 0 Å². The molecule has 0 radical (unpaired) electrons. The Morgan fingerprint density at radius 2 is 1.92 bits per heavy atom. The van der Waals surface area contributed by atoms with E-state index in [0.717, 1.165) is 16.5 Å². The van der Waals surface area contributed by atoms with Crippen LogP contribution < -0.4 is 16.4 Å². The summed E-state index contributed by atoms with van der Waals surface area (Å²) in [5.41, 5.74) is 8.01. The molecule has 0 aliphatic carbocycles. The number of hydrogen-bond acceptors (Lipinski definition) is 4. The second-order valence-electron chi connectivity index (χ2n) is 5.69. The molecule has 0 saturated carbocycles. The number of amides is 1. The van der Waals surface area contributed by atoms with Crippen LogP contribution >= 0.6 is 0 Å². The SMILES string of the molecule is CNCCNC(=O)c1cnc(N)c2cc(-c3cccc(F)c3)ccc12. The van der Waals surface area contributed by atoms with Gasteiger partial charge in [0, 0.05) is 24.7 Å². The Kier molecular flexibility index (Phi) is 4.90. The molecule has 6 heteroatoms. The van der Waals surface area contributed by atoms with Crippen molar-refractivity contribution in [2.24, 2.45) is 0 Å². The summed E-state index contributed by atoms with van der Waals surface area (Å²) in [5, 5.41) is 7.19. The highest BCUT2D eigenvalue weighted by molar-refractivity contribution is 6.09. The highest BCUT2D eigenvalue weighted by Gasteiger charge is 2.13. The monoisotopic (exact) mass is 338 g/mol. The minimum absolute atomic E-state index is 0.203. The van der Waals surface area contributed by atoms with E-state index < -0.39 is 0 Å². The molecule has 128 valence electrons. The van der Waals surface area contributed by atoms with Gasteiger partial charge in [-0.2, -0.15) is 0 Å². The molecule has 0 spiro atoms. The van der Waals surface area contributed by atoms with Crippen molar-refractivity contribution >= 4 is 22.5 Å². The number of nitrogen functional groups attached to an aromatic ring is 1. The maximum atomic E-state index is 13.5. The fourth-order valence-electron chi connectivity index (χ4n) is 2.69. The van der Waals surface area contributed by atoms with Crippen molar-refractivity contribution in [2.75, 3.05) is 25.9 Å². The van der Waals surface area contributed by atoms with Crippen LogP contribution in [0.1, 0.15) is 10.4 Å². The van der Waals surface area contributed by atoms with Gasteiger partial charge < -0.3 is 16.4 Å². The van der Waals surface area contributed by atoms with Crippen LogP contribution in [0.3, 0.4) is 0 Å². The van der Waals surface area contributed by atoms with Gasteiger partial charge in [-0.05, 0) is 41.8 Å². The largest absolute Gasteiger partial charge is 0.383 e. The van der Waals surface area contributed by atoms with Crippen LogP contribution in [-0.4, -0.2) is 31.0 Å². The van der Waals surface area contributed by atoms with Crippen molar-refractivity contribution in [1.82, 2.24) is 15.6 Å². The number of likely N-dealkylation sites (N-methyl/N-ethyl adjacent to an activating group) is 1. The highest BCUT2D eigenvalue weighted by Crippen LogP contribution is 2.29. The average Bonchev–Trinajstić information content (AvgIpc) is 2.62. The smallest absolute Gasteiger partial charge is 0.253 e. The zero-order chi connectivity index (χ0) is 17.8. The second-order valence-corrected chi connectivity index (χ2v) is 5.69. The zero-order valence-electron chi connectivity index (χ0n) is 13.8. The number of hydrogen-bond donors (Lipinski definition) is 3. The van der Waals surface area contributed by atoms with Gasteiger partial charge >= 0.3 is 0 Å². The molecular formula is C19H19FN4O. The Labute approximate surface area is 145 Å². The molecule has 25 heavy (non-hydrogen) atoms. The number of carbonyl (C=O) groups excluding carboxylic acids is 1. The molecule has 3 rings (SSSR count). The summed E-state index contributed by atoms with van der Waals surface area (Å²) >= 11 is 0. The Hall–Kier alpha value is -2.99. The lowest BCUT2D eigenvalue weighted by Gasteiger charge is -2.11. The molecule has 0 aliphatic rings. The Morgan fingerprint density at radius 1 is 1.12 bits per heavy atom. The lowest BCUT2D eigenvalue weighted by Crippen LogP contribution is -2.30. The van der Waals surface area contributed by atoms with E-state index in [2.05, 4.69) is 15.6 Å².